The molecule has 0 bridgehead atoms. The first kappa shape index (κ1) is 84.9. The molecule has 12 aliphatic rings. The molecule has 6 N–H and O–H groups in total. The third-order valence-corrected chi connectivity index (χ3v) is 25.7. The van der Waals surface area contributed by atoms with Gasteiger partial charge in [0.2, 0.25) is 0 Å². The summed E-state index contributed by atoms with van der Waals surface area (Å²) in [6.07, 6.45) is 9.39. The Kier molecular flexibility index (Phi) is 24.6. The van der Waals surface area contributed by atoms with Crippen LogP contribution in [0.25, 0.3) is 90.2 Å². The van der Waals surface area contributed by atoms with Crippen LogP contribution in [0.1, 0.15) is 141 Å². The Labute approximate surface area is 724 Å². The van der Waals surface area contributed by atoms with Gasteiger partial charge in [0.15, 0.2) is 46.1 Å². The topological polar surface area (TPSA) is 365 Å². The van der Waals surface area contributed by atoms with Crippen LogP contribution in [0.5, 0.6) is 0 Å². The summed E-state index contributed by atoms with van der Waals surface area (Å²) in [5.74, 6) is 1.31. The molecule has 0 amide bonds. The molecular weight excluding hydrogens is 1590 g/mol. The van der Waals surface area contributed by atoms with Crippen LogP contribution in [-0.2, 0) is 45.6 Å². The van der Waals surface area contributed by atoms with Crippen molar-refractivity contribution in [2.45, 2.75) is 170 Å². The van der Waals surface area contributed by atoms with E-state index in [1.807, 2.05) is 114 Å². The van der Waals surface area contributed by atoms with E-state index in [1.165, 1.54) is 41.5 Å². The fourth-order valence-electron chi connectivity index (χ4n) is 18.5. The molecular formula is C97H102N20O9. The highest BCUT2D eigenvalue weighted by Gasteiger charge is 2.33. The molecule has 0 aromatic heterocycles. The number of nitrogens with zero attached hydrogens (tertiary/aromatic N) is 15. The van der Waals surface area contributed by atoms with Crippen LogP contribution in [0.3, 0.4) is 0 Å². The van der Waals surface area contributed by atoms with Gasteiger partial charge in [-0.1, -0.05) is 122 Å². The molecule has 2 unspecified atom stereocenters. The summed E-state index contributed by atoms with van der Waals surface area (Å²) in [4.78, 5) is 149. The molecule has 4 atom stereocenters. The SMILES string of the molecule is Cc1cc2nc3c(=O)[nH]c(=O)nc-3n(CCN3CCCC3c3ccccc3)c2cc1C.Cc1cc2nc3c(=O)[nH]c(=O)nc-3n(CCN3CCCCCC3c3ccccc3)c2cc1C.Cc1cc2nc3c(=O)[nH]c(=O)nc-3n(CCN3CCCc4ccccc4C3)c2cc1C.Cc1cc2nc3c(=O)[nH]c(=O)nc-3n(CCN[C@H]3c4ccccc4C[C@H]3O)c2cc1C. The van der Waals surface area contributed by atoms with Gasteiger partial charge in [-0.3, -0.25) is 53.8 Å². The van der Waals surface area contributed by atoms with Crippen molar-refractivity contribution in [2.24, 2.45) is 0 Å². The molecule has 29 heteroatoms. The number of aliphatic hydroxyl groups is 1. The normalized spacial score (nSPS) is 16.8. The Balaban J connectivity index is 0.000000119. The van der Waals surface area contributed by atoms with Gasteiger partial charge < -0.3 is 28.7 Å². The van der Waals surface area contributed by atoms with E-state index >= 15 is 0 Å². The second kappa shape index (κ2) is 36.5. The number of aryl methyl sites for hydroxylation is 9. The second-order valence-electron chi connectivity index (χ2n) is 33.9. The standard InChI is InChI=1S/C26H29N5O2.2C24H25N5O2.C23H23N5O3/c1-17-15-20-22(16-18(17)2)31(24-23(27-20)25(32)29-26(33)28-24)14-13-30-12-8-4-7-11-21(30)19-9-5-3-6-10-19;1-15-12-19-20(13-16(15)2)29(22-21(25-19)23(30)27-24(31)26-22)11-10-28-9-5-8-17-6-3-4-7-18(17)14-28;1-15-13-18-20(14-16(15)2)29(22-21(25-18)23(30)27-24(31)26-22)12-11-28-10-6-9-19(28)17-7-4-3-5-8-17;1-12-9-16-17(10-13(12)2)28(21-20(25-16)22(30)27-23(31)26-21)8-7-24-19-15-6-4-3-5-14(15)11-18(19)29/h3,5-6,9-10,15-16,21H,4,7-8,11-14H2,1-2H3,(H,29,32,33);3-4,6-7,12-13H,5,8-11,14H2,1-2H3,(H,27,30,31);3-5,7-8,13-14,19H,6,9-12H2,1-2H3,(H,27,30,31);3-6,9-10,18-19,24,29H,7-8,11H2,1-2H3,(H,27,30,31)/t;;;18-,19+/m...1/s1. The molecule has 0 radical (unpaired) electrons. The molecule has 20 rings (SSSR count). The number of aliphatic hydroxyl groups excluding tert-OH is 1. The zero-order valence-corrected chi connectivity index (χ0v) is 72.1. The maximum absolute atomic E-state index is 12.6. The van der Waals surface area contributed by atoms with Crippen LogP contribution in [0.2, 0.25) is 0 Å². The summed E-state index contributed by atoms with van der Waals surface area (Å²) < 4.78 is 7.84. The van der Waals surface area contributed by atoms with Crippen LogP contribution in [0.15, 0.2) is 196 Å². The fourth-order valence-corrected chi connectivity index (χ4v) is 18.5. The van der Waals surface area contributed by atoms with Crippen molar-refractivity contribution in [3.05, 3.63) is 319 Å². The second-order valence-corrected chi connectivity index (χ2v) is 33.9. The van der Waals surface area contributed by atoms with Crippen LogP contribution in [0.4, 0.5) is 0 Å². The number of benzene rings is 8. The first-order chi connectivity index (χ1) is 60.9. The third kappa shape index (κ3) is 17.8. The van der Waals surface area contributed by atoms with Gasteiger partial charge in [-0.05, 0) is 240 Å². The first-order valence-electron chi connectivity index (χ1n) is 43.5. The molecule has 8 aromatic carbocycles. The number of rotatable bonds is 15. The lowest BCUT2D eigenvalue weighted by atomic mass is 10.0. The summed E-state index contributed by atoms with van der Waals surface area (Å²) in [5.41, 5.74) is 19.1. The number of aromatic amines is 4. The van der Waals surface area contributed by atoms with Gasteiger partial charge in [0.1, 0.15) is 0 Å². The molecule has 2 saturated heterocycles. The lowest BCUT2D eigenvalue weighted by molar-refractivity contribution is 0.141. The molecule has 8 aromatic rings. The number of H-pyrrole nitrogens is 4. The van der Waals surface area contributed by atoms with E-state index < -0.39 is 51.1 Å². The van der Waals surface area contributed by atoms with Gasteiger partial charge in [-0.2, -0.15) is 19.9 Å². The molecule has 1 aliphatic carbocycles. The predicted octanol–water partition coefficient (Wildman–Crippen LogP) is 11.0. The van der Waals surface area contributed by atoms with E-state index in [2.05, 4.69) is 198 Å². The largest absolute Gasteiger partial charge is 0.391 e. The smallest absolute Gasteiger partial charge is 0.349 e. The lowest BCUT2D eigenvalue weighted by Crippen LogP contribution is -2.34. The number of hydrogen-bond acceptors (Lipinski definition) is 21. The molecule has 2 fully saturated rings. The fraction of sp³-hybridized carbons (Fsp3) is 0.340. The van der Waals surface area contributed by atoms with Gasteiger partial charge in [0.05, 0.1) is 56.3 Å². The third-order valence-electron chi connectivity index (χ3n) is 25.7. The molecule has 11 heterocycles. The van der Waals surface area contributed by atoms with E-state index in [1.54, 1.807) is 0 Å². The number of likely N-dealkylation sites (tertiary alicyclic amines) is 2. The van der Waals surface area contributed by atoms with E-state index in [-0.39, 0.29) is 34.6 Å². The van der Waals surface area contributed by atoms with Gasteiger partial charge in [-0.15, -0.1) is 0 Å². The van der Waals surface area contributed by atoms with Crippen LogP contribution < -0.4 is 50.3 Å². The zero-order chi connectivity index (χ0) is 87.7. The van der Waals surface area contributed by atoms with E-state index in [0.29, 0.717) is 74.2 Å². The Morgan fingerprint density at radius 3 is 1.14 bits per heavy atom. The maximum atomic E-state index is 12.6. The highest BCUT2D eigenvalue weighted by Crippen LogP contribution is 2.37. The van der Waals surface area contributed by atoms with Gasteiger partial charge in [0.25, 0.3) is 22.2 Å². The summed E-state index contributed by atoms with van der Waals surface area (Å²) in [5, 5.41) is 13.9. The molecule has 644 valence electrons. The summed E-state index contributed by atoms with van der Waals surface area (Å²) in [6.45, 7) is 25.5. The monoisotopic (exact) mass is 1690 g/mol. The van der Waals surface area contributed by atoms with E-state index in [9.17, 15) is 43.5 Å². The van der Waals surface area contributed by atoms with Crippen molar-refractivity contribution in [2.75, 3.05) is 45.8 Å². The van der Waals surface area contributed by atoms with Crippen molar-refractivity contribution in [3.8, 4) is 46.1 Å². The van der Waals surface area contributed by atoms with Crippen molar-refractivity contribution >= 4 is 44.1 Å². The molecule has 126 heavy (non-hydrogen) atoms. The van der Waals surface area contributed by atoms with Gasteiger partial charge in [0, 0.05) is 77.4 Å². The van der Waals surface area contributed by atoms with Crippen molar-refractivity contribution in [1.82, 2.24) is 98.1 Å². The van der Waals surface area contributed by atoms with Crippen molar-refractivity contribution in [1.29, 1.82) is 0 Å². The minimum atomic E-state index is -0.690. The number of aromatic nitrogens is 16. The minimum absolute atomic E-state index is 0.140. The van der Waals surface area contributed by atoms with Gasteiger partial charge >= 0.3 is 22.8 Å². The Hall–Kier alpha value is -13.3. The highest BCUT2D eigenvalue weighted by molar-refractivity contribution is 5.84. The van der Waals surface area contributed by atoms with Crippen LogP contribution in [0, 0.1) is 55.4 Å². The maximum Gasteiger partial charge on any atom is 0.349 e. The Bertz CT molecular complexity index is 7170. The average molecular weight is 1690 g/mol. The number of nitrogens with one attached hydrogen (secondary N) is 5. The first-order valence-corrected chi connectivity index (χ1v) is 43.5. The van der Waals surface area contributed by atoms with E-state index in [0.717, 1.165) is 172 Å². The van der Waals surface area contributed by atoms with Crippen LogP contribution in [-0.4, -0.2) is 150 Å². The summed E-state index contributed by atoms with van der Waals surface area (Å²) in [6, 6.07) is 54.7. The quantitative estimate of drug-likeness (QED) is 0.0519. The molecule has 11 aliphatic heterocycles. The summed E-state index contributed by atoms with van der Waals surface area (Å²) >= 11 is 0. The number of fused-ring (bicyclic) bond motifs is 10. The highest BCUT2D eigenvalue weighted by atomic mass is 16.3. The predicted molar refractivity (Wildman–Crippen MR) is 488 cm³/mol. The molecule has 0 saturated carbocycles. The summed E-state index contributed by atoms with van der Waals surface area (Å²) in [7, 11) is 0. The lowest BCUT2D eigenvalue weighted by Gasteiger charge is -2.31. The Morgan fingerprint density at radius 1 is 0.357 bits per heavy atom. The minimum Gasteiger partial charge on any atom is -0.391 e. The average Bonchev–Trinajstić information content (AvgIpc) is 0.885. The van der Waals surface area contributed by atoms with E-state index in [4.69, 9.17) is 0 Å². The number of hydrogen-bond donors (Lipinski definition) is 6. The van der Waals surface area contributed by atoms with Gasteiger partial charge in [-0.25, -0.2) is 39.1 Å². The molecule has 29 nitrogen and oxygen atoms in total. The Morgan fingerprint density at radius 2 is 0.714 bits per heavy atom. The zero-order valence-electron chi connectivity index (χ0n) is 72.1. The van der Waals surface area contributed by atoms with Crippen LogP contribution >= 0.6 is 0 Å². The van der Waals surface area contributed by atoms with Crippen molar-refractivity contribution < 1.29 is 5.11 Å². The molecule has 0 spiro atoms. The van der Waals surface area contributed by atoms with Crippen molar-refractivity contribution in [3.63, 3.8) is 0 Å².